The number of ether oxygens (including phenoxy) is 1. The summed E-state index contributed by atoms with van der Waals surface area (Å²) < 4.78 is 5.79. The highest BCUT2D eigenvalue weighted by molar-refractivity contribution is 7.99. The molecule has 0 bridgehead atoms. The van der Waals surface area contributed by atoms with Crippen LogP contribution >= 0.6 is 11.8 Å². The Balaban J connectivity index is 2.12. The van der Waals surface area contributed by atoms with Gasteiger partial charge in [-0.1, -0.05) is 39.8 Å². The molecule has 33 heavy (non-hydrogen) atoms. The van der Waals surface area contributed by atoms with Gasteiger partial charge in [0.05, 0.1) is 11.3 Å². The van der Waals surface area contributed by atoms with Crippen molar-refractivity contribution in [2.45, 2.75) is 91.4 Å². The summed E-state index contributed by atoms with van der Waals surface area (Å²) in [5.74, 6) is 2.55. The number of aromatic nitrogens is 1. The number of hydrogen-bond donors (Lipinski definition) is 2. The number of nitrogens with one attached hydrogen (secondary N) is 1. The molecule has 1 aliphatic rings. The van der Waals surface area contributed by atoms with Crippen LogP contribution in [0.5, 0.6) is 5.88 Å². The number of aliphatic hydroxyl groups is 1. The number of rotatable bonds is 14. The number of aliphatic hydroxyl groups excluding tert-OH is 1. The molecular formula is C26H42N2O4S. The Hall–Kier alpha value is -1.89. The standard InChI is InChI=1S/C26H42N2O4S/c1-7-21(16-31-25-11-18(5)15-27-25)32-28-22(10-9-17(3)4)26-23(29)13-20(14-24(26)30)12-19(6)33-8-2/h11,15,17,19-21,27,29H,7-10,12-14,16H2,1-6H3. The lowest BCUT2D eigenvalue weighted by atomic mass is 9.82. The number of H-pyrrole nitrogens is 1. The van der Waals surface area contributed by atoms with Crippen molar-refractivity contribution >= 4 is 23.3 Å². The monoisotopic (exact) mass is 478 g/mol. The number of thioether (sulfide) groups is 1. The first-order valence-electron chi connectivity index (χ1n) is 12.3. The maximum absolute atomic E-state index is 13.1. The molecule has 2 N–H and O–H groups in total. The number of nitrogens with zero attached hydrogens (tertiary/aromatic N) is 1. The van der Waals surface area contributed by atoms with Crippen molar-refractivity contribution in [1.82, 2.24) is 4.98 Å². The minimum Gasteiger partial charge on any atom is -0.511 e. The zero-order valence-electron chi connectivity index (χ0n) is 21.1. The van der Waals surface area contributed by atoms with Gasteiger partial charge in [0.15, 0.2) is 17.8 Å². The summed E-state index contributed by atoms with van der Waals surface area (Å²) in [4.78, 5) is 22.0. The summed E-state index contributed by atoms with van der Waals surface area (Å²) >= 11 is 1.90. The van der Waals surface area contributed by atoms with Crippen LogP contribution in [0.2, 0.25) is 0 Å². The quantitative estimate of drug-likeness (QED) is 0.232. The Labute approximate surface area is 203 Å². The fourth-order valence-electron chi connectivity index (χ4n) is 4.03. The molecule has 0 aromatic carbocycles. The van der Waals surface area contributed by atoms with E-state index in [2.05, 4.69) is 37.8 Å². The molecule has 3 atom stereocenters. The second-order valence-corrected chi connectivity index (χ2v) is 11.2. The number of oxime groups is 1. The van der Waals surface area contributed by atoms with E-state index in [0.29, 0.717) is 60.6 Å². The van der Waals surface area contributed by atoms with E-state index in [4.69, 9.17) is 9.57 Å². The van der Waals surface area contributed by atoms with E-state index < -0.39 is 0 Å². The Morgan fingerprint density at radius 2 is 2.06 bits per heavy atom. The fraction of sp³-hybridized carbons (Fsp3) is 0.692. The molecule has 0 amide bonds. The molecule has 2 rings (SSSR count). The van der Waals surface area contributed by atoms with Crippen LogP contribution in [0, 0.1) is 18.8 Å². The third kappa shape index (κ3) is 9.11. The van der Waals surface area contributed by atoms with Crippen molar-refractivity contribution in [3.63, 3.8) is 0 Å². The van der Waals surface area contributed by atoms with Crippen LogP contribution in [0.25, 0.3) is 0 Å². The van der Waals surface area contributed by atoms with Crippen molar-refractivity contribution in [3.05, 3.63) is 29.2 Å². The van der Waals surface area contributed by atoms with Gasteiger partial charge in [0.25, 0.3) is 0 Å². The molecule has 0 spiro atoms. The molecule has 7 heteroatoms. The van der Waals surface area contributed by atoms with Gasteiger partial charge in [-0.25, -0.2) is 0 Å². The molecule has 0 fully saturated rings. The summed E-state index contributed by atoms with van der Waals surface area (Å²) in [5.41, 5.74) is 2.04. The number of aryl methyl sites for hydroxylation is 1. The smallest absolute Gasteiger partial charge is 0.191 e. The van der Waals surface area contributed by atoms with Crippen molar-refractivity contribution < 1.29 is 19.5 Å². The highest BCUT2D eigenvalue weighted by atomic mass is 32.2. The zero-order valence-corrected chi connectivity index (χ0v) is 22.0. The summed E-state index contributed by atoms with van der Waals surface area (Å²) in [5, 5.41) is 15.7. The van der Waals surface area contributed by atoms with E-state index in [1.807, 2.05) is 37.9 Å². The average Bonchev–Trinajstić information content (AvgIpc) is 3.16. The van der Waals surface area contributed by atoms with Crippen molar-refractivity contribution in [2.75, 3.05) is 12.4 Å². The number of hydrogen-bond acceptors (Lipinski definition) is 6. The lowest BCUT2D eigenvalue weighted by molar-refractivity contribution is -0.116. The lowest BCUT2D eigenvalue weighted by Gasteiger charge is -2.26. The van der Waals surface area contributed by atoms with Gasteiger partial charge in [0, 0.05) is 30.4 Å². The third-order valence-electron chi connectivity index (χ3n) is 5.88. The van der Waals surface area contributed by atoms with Crippen molar-refractivity contribution in [1.29, 1.82) is 0 Å². The molecule has 1 aromatic rings. The summed E-state index contributed by atoms with van der Waals surface area (Å²) in [6.07, 6.45) is 5.75. The number of Topliss-reactive ketones (excluding diaryl/α,β-unsaturated/α-hetero) is 1. The van der Waals surface area contributed by atoms with Crippen LogP contribution in [0.1, 0.15) is 78.7 Å². The molecule has 1 heterocycles. The van der Waals surface area contributed by atoms with E-state index >= 15 is 0 Å². The molecule has 0 aliphatic heterocycles. The highest BCUT2D eigenvalue weighted by Gasteiger charge is 2.31. The third-order valence-corrected chi connectivity index (χ3v) is 6.97. The van der Waals surface area contributed by atoms with Gasteiger partial charge >= 0.3 is 0 Å². The predicted octanol–water partition coefficient (Wildman–Crippen LogP) is 6.61. The molecule has 0 saturated heterocycles. The highest BCUT2D eigenvalue weighted by Crippen LogP contribution is 2.33. The summed E-state index contributed by atoms with van der Waals surface area (Å²) in [6, 6.07) is 1.93. The fourth-order valence-corrected chi connectivity index (χ4v) is 5.01. The number of allylic oxidation sites excluding steroid dienone is 2. The topological polar surface area (TPSA) is 83.9 Å². The van der Waals surface area contributed by atoms with Gasteiger partial charge in [-0.15, -0.1) is 0 Å². The summed E-state index contributed by atoms with van der Waals surface area (Å²) in [7, 11) is 0. The minimum atomic E-state index is -0.247. The molecular weight excluding hydrogens is 436 g/mol. The van der Waals surface area contributed by atoms with Gasteiger partial charge in [-0.05, 0) is 55.8 Å². The maximum Gasteiger partial charge on any atom is 0.191 e. The van der Waals surface area contributed by atoms with Crippen LogP contribution in [-0.4, -0.2) is 45.3 Å². The minimum absolute atomic E-state index is 0.0188. The van der Waals surface area contributed by atoms with Gasteiger partial charge in [0.1, 0.15) is 12.4 Å². The summed E-state index contributed by atoms with van der Waals surface area (Å²) in [6.45, 7) is 13.0. The van der Waals surface area contributed by atoms with Crippen LogP contribution < -0.4 is 4.74 Å². The number of carbonyl (C=O) groups is 1. The van der Waals surface area contributed by atoms with Crippen LogP contribution in [0.4, 0.5) is 0 Å². The second kappa shape index (κ2) is 13.7. The molecule has 186 valence electrons. The van der Waals surface area contributed by atoms with Crippen LogP contribution in [0.15, 0.2) is 28.8 Å². The first-order chi connectivity index (χ1) is 15.7. The molecule has 1 aliphatic carbocycles. The van der Waals surface area contributed by atoms with Gasteiger partial charge < -0.3 is 19.7 Å². The Morgan fingerprint density at radius 1 is 1.30 bits per heavy atom. The van der Waals surface area contributed by atoms with E-state index in [9.17, 15) is 9.90 Å². The van der Waals surface area contributed by atoms with E-state index in [1.165, 1.54) is 0 Å². The molecule has 0 saturated carbocycles. The second-order valence-electron chi connectivity index (χ2n) is 9.48. The largest absolute Gasteiger partial charge is 0.511 e. The van der Waals surface area contributed by atoms with Gasteiger partial charge in [-0.3, -0.25) is 4.79 Å². The molecule has 3 unspecified atom stereocenters. The molecule has 0 radical (unpaired) electrons. The molecule has 6 nitrogen and oxygen atoms in total. The van der Waals surface area contributed by atoms with E-state index in [0.717, 1.165) is 24.2 Å². The van der Waals surface area contributed by atoms with Crippen molar-refractivity contribution in [2.24, 2.45) is 17.0 Å². The van der Waals surface area contributed by atoms with Gasteiger partial charge in [0.2, 0.25) is 0 Å². The Kier molecular flexibility index (Phi) is 11.4. The van der Waals surface area contributed by atoms with Crippen LogP contribution in [-0.2, 0) is 9.63 Å². The first kappa shape index (κ1) is 27.4. The van der Waals surface area contributed by atoms with Crippen molar-refractivity contribution in [3.8, 4) is 5.88 Å². The number of ketones is 1. The Morgan fingerprint density at radius 3 is 2.64 bits per heavy atom. The van der Waals surface area contributed by atoms with Crippen LogP contribution in [0.3, 0.4) is 0 Å². The predicted molar refractivity (Wildman–Crippen MR) is 137 cm³/mol. The maximum atomic E-state index is 13.1. The van der Waals surface area contributed by atoms with Gasteiger partial charge in [-0.2, -0.15) is 11.8 Å². The number of aromatic amines is 1. The van der Waals surface area contributed by atoms with E-state index in [1.54, 1.807) is 0 Å². The Bertz CT molecular complexity index is 815. The average molecular weight is 479 g/mol. The number of carbonyl (C=O) groups excluding carboxylic acids is 1. The first-order valence-corrected chi connectivity index (χ1v) is 13.4. The SMILES string of the molecule is CCSC(C)CC1CC(=O)C(C(CCC(C)C)=NOC(CC)COc2cc(C)c[nH]2)=C(O)C1. The van der Waals surface area contributed by atoms with E-state index in [-0.39, 0.29) is 23.6 Å². The zero-order chi connectivity index (χ0) is 24.4. The lowest BCUT2D eigenvalue weighted by Crippen LogP contribution is -2.27. The normalized spacial score (nSPS) is 19.2. The molecule has 1 aromatic heterocycles.